The highest BCUT2D eigenvalue weighted by molar-refractivity contribution is 5.60. The number of piperidine rings is 1. The molecule has 0 spiro atoms. The van der Waals surface area contributed by atoms with Crippen LogP contribution in [0.15, 0.2) is 35.1 Å². The van der Waals surface area contributed by atoms with Gasteiger partial charge < -0.3 is 10.2 Å². The first-order valence-electron chi connectivity index (χ1n) is 11.5. The summed E-state index contributed by atoms with van der Waals surface area (Å²) in [6.45, 7) is 14.6. The van der Waals surface area contributed by atoms with Crippen LogP contribution in [0.1, 0.15) is 59.4 Å². The summed E-state index contributed by atoms with van der Waals surface area (Å²) < 4.78 is 1.63. The molecular weight excluding hydrogens is 388 g/mol. The SMILES string of the molecule is CC.CC(C)(C)c1ccc(-c2nc(NCCN3CCCCC3)n3[nH]c(=O)cc3n2)cc1. The maximum Gasteiger partial charge on any atom is 0.266 e. The molecule has 1 aliphatic heterocycles. The second kappa shape index (κ2) is 10.1. The van der Waals surface area contributed by atoms with Crippen LogP contribution in [-0.2, 0) is 5.41 Å². The lowest BCUT2D eigenvalue weighted by molar-refractivity contribution is 0.237. The van der Waals surface area contributed by atoms with Gasteiger partial charge in [0.25, 0.3) is 5.56 Å². The van der Waals surface area contributed by atoms with Crippen LogP contribution in [0.4, 0.5) is 5.95 Å². The molecule has 7 nitrogen and oxygen atoms in total. The molecule has 7 heteroatoms. The molecule has 2 N–H and O–H groups in total. The average molecular weight is 425 g/mol. The Bertz CT molecular complexity index is 1020. The number of H-pyrrole nitrogens is 1. The van der Waals surface area contributed by atoms with Gasteiger partial charge in [-0.05, 0) is 36.9 Å². The van der Waals surface area contributed by atoms with Gasteiger partial charge in [0.05, 0.1) is 0 Å². The Morgan fingerprint density at radius 2 is 1.71 bits per heavy atom. The minimum atomic E-state index is -0.182. The van der Waals surface area contributed by atoms with Crippen molar-refractivity contribution in [2.45, 2.75) is 59.3 Å². The fourth-order valence-corrected chi connectivity index (χ4v) is 3.78. The van der Waals surface area contributed by atoms with E-state index in [1.807, 2.05) is 13.8 Å². The van der Waals surface area contributed by atoms with Crippen LogP contribution in [0.25, 0.3) is 17.0 Å². The molecule has 1 fully saturated rings. The number of anilines is 1. The Kier molecular flexibility index (Phi) is 7.49. The van der Waals surface area contributed by atoms with Crippen molar-refractivity contribution in [2.75, 3.05) is 31.5 Å². The van der Waals surface area contributed by atoms with E-state index in [0.717, 1.165) is 31.7 Å². The summed E-state index contributed by atoms with van der Waals surface area (Å²) >= 11 is 0. The lowest BCUT2D eigenvalue weighted by Crippen LogP contribution is -2.34. The Morgan fingerprint density at radius 3 is 2.35 bits per heavy atom. The number of likely N-dealkylation sites (tertiary alicyclic amines) is 1. The van der Waals surface area contributed by atoms with Crippen molar-refractivity contribution >= 4 is 11.6 Å². The van der Waals surface area contributed by atoms with Gasteiger partial charge in [-0.15, -0.1) is 0 Å². The highest BCUT2D eigenvalue weighted by Crippen LogP contribution is 2.25. The summed E-state index contributed by atoms with van der Waals surface area (Å²) in [5.74, 6) is 1.23. The Labute approximate surface area is 184 Å². The van der Waals surface area contributed by atoms with Crippen molar-refractivity contribution in [3.8, 4) is 11.4 Å². The van der Waals surface area contributed by atoms with Crippen molar-refractivity contribution in [1.82, 2.24) is 24.5 Å². The van der Waals surface area contributed by atoms with E-state index in [4.69, 9.17) is 4.98 Å². The van der Waals surface area contributed by atoms with Crippen LogP contribution >= 0.6 is 0 Å². The van der Waals surface area contributed by atoms with Gasteiger partial charge in [-0.25, -0.2) is 9.50 Å². The molecule has 0 saturated carbocycles. The van der Waals surface area contributed by atoms with Crippen molar-refractivity contribution in [3.63, 3.8) is 0 Å². The summed E-state index contributed by atoms with van der Waals surface area (Å²) in [5, 5.41) is 6.18. The number of benzene rings is 1. The molecule has 4 rings (SSSR count). The fourth-order valence-electron chi connectivity index (χ4n) is 3.78. The molecule has 168 valence electrons. The Balaban J connectivity index is 0.00000132. The minimum Gasteiger partial charge on any atom is -0.353 e. The van der Waals surface area contributed by atoms with E-state index in [1.54, 1.807) is 4.52 Å². The van der Waals surface area contributed by atoms with Gasteiger partial charge in [0.1, 0.15) is 0 Å². The number of nitrogens with one attached hydrogen (secondary N) is 2. The number of nitrogens with zero attached hydrogens (tertiary/aromatic N) is 4. The molecule has 0 unspecified atom stereocenters. The number of rotatable bonds is 5. The maximum atomic E-state index is 11.9. The molecular formula is C24H36N6O. The van der Waals surface area contributed by atoms with Gasteiger partial charge in [-0.2, -0.15) is 4.98 Å². The van der Waals surface area contributed by atoms with Gasteiger partial charge >= 0.3 is 0 Å². The maximum absolute atomic E-state index is 11.9. The second-order valence-electron chi connectivity index (χ2n) is 8.84. The summed E-state index contributed by atoms with van der Waals surface area (Å²) in [4.78, 5) is 23.7. The standard InChI is InChI=1S/C22H30N6O.C2H6/c1-22(2,3)17-9-7-16(8-10-17)20-24-18-15-19(29)26-28(18)21(25-20)23-11-14-27-12-5-4-6-13-27;1-2/h7-10,15H,4-6,11-14H2,1-3H3,(H,26,29)(H,23,24,25);1-2H3. The largest absolute Gasteiger partial charge is 0.353 e. The van der Waals surface area contributed by atoms with Crippen molar-refractivity contribution in [2.24, 2.45) is 0 Å². The zero-order chi connectivity index (χ0) is 22.4. The lowest BCUT2D eigenvalue weighted by Gasteiger charge is -2.26. The molecule has 0 amide bonds. The van der Waals surface area contributed by atoms with E-state index in [0.29, 0.717) is 17.4 Å². The molecule has 31 heavy (non-hydrogen) atoms. The van der Waals surface area contributed by atoms with Crippen molar-refractivity contribution in [1.29, 1.82) is 0 Å². The molecule has 1 aliphatic rings. The first kappa shape index (κ1) is 23.0. The van der Waals surface area contributed by atoms with Crippen LogP contribution in [0, 0.1) is 0 Å². The second-order valence-corrected chi connectivity index (χ2v) is 8.84. The van der Waals surface area contributed by atoms with Crippen LogP contribution in [-0.4, -0.2) is 50.7 Å². The molecule has 3 heterocycles. The zero-order valence-corrected chi connectivity index (χ0v) is 19.5. The smallest absolute Gasteiger partial charge is 0.266 e. The van der Waals surface area contributed by atoms with Gasteiger partial charge in [0.15, 0.2) is 11.5 Å². The van der Waals surface area contributed by atoms with Crippen LogP contribution in [0.2, 0.25) is 0 Å². The van der Waals surface area contributed by atoms with E-state index in [2.05, 4.69) is 65.3 Å². The summed E-state index contributed by atoms with van der Waals surface area (Å²) in [7, 11) is 0. The summed E-state index contributed by atoms with van der Waals surface area (Å²) in [6.07, 6.45) is 3.88. The van der Waals surface area contributed by atoms with E-state index in [1.165, 1.54) is 30.9 Å². The molecule has 3 aromatic rings. The molecule has 0 bridgehead atoms. The predicted octanol–water partition coefficient (Wildman–Crippen LogP) is 4.31. The number of hydrogen-bond acceptors (Lipinski definition) is 5. The number of aromatic amines is 1. The van der Waals surface area contributed by atoms with Gasteiger partial charge in [0, 0.05) is 24.7 Å². The molecule has 0 aliphatic carbocycles. The molecule has 1 saturated heterocycles. The lowest BCUT2D eigenvalue weighted by atomic mass is 9.87. The number of aromatic nitrogens is 4. The molecule has 1 aromatic carbocycles. The third kappa shape index (κ3) is 5.73. The van der Waals surface area contributed by atoms with Gasteiger partial charge in [0.2, 0.25) is 5.95 Å². The normalized spacial score (nSPS) is 14.9. The van der Waals surface area contributed by atoms with Crippen molar-refractivity contribution < 1.29 is 0 Å². The topological polar surface area (TPSA) is 78.3 Å². The first-order chi connectivity index (χ1) is 14.9. The monoisotopic (exact) mass is 424 g/mol. The Morgan fingerprint density at radius 1 is 1.03 bits per heavy atom. The average Bonchev–Trinajstić information content (AvgIpc) is 3.16. The highest BCUT2D eigenvalue weighted by atomic mass is 16.1. The highest BCUT2D eigenvalue weighted by Gasteiger charge is 2.15. The minimum absolute atomic E-state index is 0.0957. The number of hydrogen-bond donors (Lipinski definition) is 2. The molecule has 2 aromatic heterocycles. The fraction of sp³-hybridized carbons (Fsp3) is 0.542. The number of fused-ring (bicyclic) bond motifs is 1. The third-order valence-corrected chi connectivity index (χ3v) is 5.52. The van der Waals surface area contributed by atoms with E-state index in [9.17, 15) is 4.79 Å². The predicted molar refractivity (Wildman–Crippen MR) is 128 cm³/mol. The van der Waals surface area contributed by atoms with Crippen LogP contribution in [0.3, 0.4) is 0 Å². The zero-order valence-electron chi connectivity index (χ0n) is 19.5. The Hall–Kier alpha value is -2.67. The van der Waals surface area contributed by atoms with Gasteiger partial charge in [-0.1, -0.05) is 65.3 Å². The van der Waals surface area contributed by atoms with E-state index < -0.39 is 0 Å². The molecule has 0 atom stereocenters. The quantitative estimate of drug-likeness (QED) is 0.638. The third-order valence-electron chi connectivity index (χ3n) is 5.52. The summed E-state index contributed by atoms with van der Waals surface area (Å²) in [6, 6.07) is 9.85. The summed E-state index contributed by atoms with van der Waals surface area (Å²) in [5.41, 5.74) is 2.69. The van der Waals surface area contributed by atoms with Gasteiger partial charge in [-0.3, -0.25) is 9.89 Å². The first-order valence-corrected chi connectivity index (χ1v) is 11.5. The van der Waals surface area contributed by atoms with E-state index in [-0.39, 0.29) is 11.0 Å². The van der Waals surface area contributed by atoms with Crippen LogP contribution < -0.4 is 10.9 Å². The molecule has 0 radical (unpaired) electrons. The van der Waals surface area contributed by atoms with Crippen molar-refractivity contribution in [3.05, 3.63) is 46.2 Å². The van der Waals surface area contributed by atoms with E-state index >= 15 is 0 Å². The van der Waals surface area contributed by atoms with Crippen LogP contribution in [0.5, 0.6) is 0 Å².